The van der Waals surface area contributed by atoms with Gasteiger partial charge in [0.05, 0.1) is 6.10 Å². The molecule has 1 saturated carbocycles. The van der Waals surface area contributed by atoms with E-state index in [4.69, 9.17) is 21.1 Å². The molecular weight excluding hydrogens is 460 g/mol. The van der Waals surface area contributed by atoms with E-state index in [0.29, 0.717) is 35.1 Å². The lowest BCUT2D eigenvalue weighted by Crippen LogP contribution is -2.51. The zero-order chi connectivity index (χ0) is 24.0. The molecule has 0 aromatic heterocycles. The molecule has 4 aromatic rings. The average molecular weight is 485 g/mol. The third-order valence-corrected chi connectivity index (χ3v) is 7.61. The Bertz CT molecular complexity index is 1340. The largest absolute Gasteiger partial charge is 0.489 e. The molecule has 2 aliphatic rings. The monoisotopic (exact) mass is 484 g/mol. The van der Waals surface area contributed by atoms with Crippen LogP contribution in [-0.2, 0) is 17.8 Å². The minimum atomic E-state index is -1.64. The molecule has 4 nitrogen and oxygen atoms in total. The highest BCUT2D eigenvalue weighted by Crippen LogP contribution is 2.66. The van der Waals surface area contributed by atoms with Crippen LogP contribution in [0.4, 0.5) is 0 Å². The molecular formula is C30H25ClO4. The fraction of sp³-hybridized carbons (Fsp3) is 0.200. The minimum absolute atomic E-state index is 0.286. The van der Waals surface area contributed by atoms with Crippen LogP contribution in [0.5, 0.6) is 11.5 Å². The van der Waals surface area contributed by atoms with Crippen molar-refractivity contribution in [3.05, 3.63) is 130 Å². The Morgan fingerprint density at radius 3 is 2.29 bits per heavy atom. The first kappa shape index (κ1) is 22.2. The van der Waals surface area contributed by atoms with Gasteiger partial charge >= 0.3 is 0 Å². The SMILES string of the molecule is O[C@H]1C[C@@H](c2ccccc2)[C@]2(c3ccc(Cl)cc3)Oc3cc(OCc4ccccc4)ccc3[C@]12O. The second-order valence-corrected chi connectivity index (χ2v) is 9.69. The summed E-state index contributed by atoms with van der Waals surface area (Å²) in [5.41, 5.74) is 0.503. The lowest BCUT2D eigenvalue weighted by molar-refractivity contribution is -0.149. The molecule has 5 heteroatoms. The maximum absolute atomic E-state index is 12.3. The van der Waals surface area contributed by atoms with Gasteiger partial charge in [0.2, 0.25) is 0 Å². The summed E-state index contributed by atoms with van der Waals surface area (Å²) >= 11 is 6.20. The molecule has 2 N–H and O–H groups in total. The maximum Gasteiger partial charge on any atom is 0.176 e. The van der Waals surface area contributed by atoms with Gasteiger partial charge in [0.15, 0.2) is 11.2 Å². The molecule has 176 valence electrons. The summed E-state index contributed by atoms with van der Waals surface area (Å²) in [4.78, 5) is 0. The van der Waals surface area contributed by atoms with E-state index in [9.17, 15) is 10.2 Å². The Morgan fingerprint density at radius 2 is 1.57 bits per heavy atom. The number of rotatable bonds is 5. The summed E-state index contributed by atoms with van der Waals surface area (Å²) in [5, 5.41) is 24.3. The molecule has 0 amide bonds. The van der Waals surface area contributed by atoms with Gasteiger partial charge in [0.1, 0.15) is 18.1 Å². The number of aliphatic hydroxyl groups excluding tert-OH is 1. The normalized spacial score (nSPS) is 26.6. The van der Waals surface area contributed by atoms with E-state index in [-0.39, 0.29) is 5.92 Å². The third-order valence-electron chi connectivity index (χ3n) is 7.36. The Balaban J connectivity index is 1.45. The van der Waals surface area contributed by atoms with Crippen molar-refractivity contribution in [2.24, 2.45) is 0 Å². The first-order valence-electron chi connectivity index (χ1n) is 11.7. The molecule has 1 aliphatic heterocycles. The summed E-state index contributed by atoms with van der Waals surface area (Å²) in [5.74, 6) is 0.854. The van der Waals surface area contributed by atoms with E-state index in [1.807, 2.05) is 84.9 Å². The van der Waals surface area contributed by atoms with Crippen LogP contribution < -0.4 is 9.47 Å². The number of ether oxygens (including phenoxy) is 2. The van der Waals surface area contributed by atoms with Crippen LogP contribution in [0.2, 0.25) is 5.02 Å². The smallest absolute Gasteiger partial charge is 0.176 e. The fourth-order valence-electron chi connectivity index (χ4n) is 5.74. The van der Waals surface area contributed by atoms with Crippen LogP contribution >= 0.6 is 11.6 Å². The maximum atomic E-state index is 12.3. The second kappa shape index (κ2) is 8.42. The molecule has 6 rings (SSSR count). The molecule has 0 spiro atoms. The number of hydrogen-bond donors (Lipinski definition) is 2. The van der Waals surface area contributed by atoms with E-state index < -0.39 is 17.3 Å². The van der Waals surface area contributed by atoms with Crippen LogP contribution in [0.25, 0.3) is 0 Å². The van der Waals surface area contributed by atoms with E-state index >= 15 is 0 Å². The first-order chi connectivity index (χ1) is 17.0. The van der Waals surface area contributed by atoms with Crippen molar-refractivity contribution in [1.29, 1.82) is 0 Å². The molecule has 4 atom stereocenters. The topological polar surface area (TPSA) is 58.9 Å². The Kier molecular flexibility index (Phi) is 5.33. The number of aliphatic hydroxyl groups is 2. The average Bonchev–Trinajstić information content (AvgIpc) is 3.29. The van der Waals surface area contributed by atoms with Crippen LogP contribution in [0.1, 0.15) is 34.6 Å². The molecule has 0 bridgehead atoms. The fourth-order valence-corrected chi connectivity index (χ4v) is 5.87. The predicted molar refractivity (Wildman–Crippen MR) is 135 cm³/mol. The number of halogens is 1. The molecule has 1 fully saturated rings. The minimum Gasteiger partial charge on any atom is -0.489 e. The van der Waals surface area contributed by atoms with Crippen molar-refractivity contribution >= 4 is 11.6 Å². The van der Waals surface area contributed by atoms with Crippen molar-refractivity contribution in [3.8, 4) is 11.5 Å². The highest BCUT2D eigenvalue weighted by atomic mass is 35.5. The molecule has 1 aliphatic carbocycles. The Morgan fingerprint density at radius 1 is 0.886 bits per heavy atom. The van der Waals surface area contributed by atoms with Gasteiger partial charge < -0.3 is 19.7 Å². The molecule has 35 heavy (non-hydrogen) atoms. The molecule has 0 unspecified atom stereocenters. The lowest BCUT2D eigenvalue weighted by atomic mass is 9.71. The zero-order valence-corrected chi connectivity index (χ0v) is 19.7. The highest BCUT2D eigenvalue weighted by molar-refractivity contribution is 6.30. The van der Waals surface area contributed by atoms with E-state index in [0.717, 1.165) is 16.7 Å². The number of benzene rings is 4. The van der Waals surface area contributed by atoms with Gasteiger partial charge in [-0.15, -0.1) is 0 Å². The van der Waals surface area contributed by atoms with Crippen molar-refractivity contribution in [3.63, 3.8) is 0 Å². The van der Waals surface area contributed by atoms with Crippen LogP contribution in [0.15, 0.2) is 103 Å². The molecule has 1 heterocycles. The van der Waals surface area contributed by atoms with Crippen LogP contribution in [0.3, 0.4) is 0 Å². The number of hydrogen-bond acceptors (Lipinski definition) is 4. The summed E-state index contributed by atoms with van der Waals surface area (Å²) in [6.07, 6.45) is -0.671. The van der Waals surface area contributed by atoms with Gasteiger partial charge in [-0.05, 0) is 47.4 Å². The van der Waals surface area contributed by atoms with Gasteiger partial charge in [-0.25, -0.2) is 0 Å². The van der Waals surface area contributed by atoms with Gasteiger partial charge in [-0.3, -0.25) is 0 Å². The highest BCUT2D eigenvalue weighted by Gasteiger charge is 2.72. The van der Waals surface area contributed by atoms with Crippen molar-refractivity contribution in [2.45, 2.75) is 36.3 Å². The van der Waals surface area contributed by atoms with Gasteiger partial charge in [-0.2, -0.15) is 0 Å². The van der Waals surface area contributed by atoms with Crippen molar-refractivity contribution < 1.29 is 19.7 Å². The summed E-state index contributed by atoms with van der Waals surface area (Å²) < 4.78 is 12.8. The summed E-state index contributed by atoms with van der Waals surface area (Å²) in [7, 11) is 0. The predicted octanol–water partition coefficient (Wildman–Crippen LogP) is 5.94. The third kappa shape index (κ3) is 3.36. The van der Waals surface area contributed by atoms with E-state index in [1.54, 1.807) is 18.2 Å². The lowest BCUT2D eigenvalue weighted by Gasteiger charge is -2.40. The Labute approximate surface area is 209 Å². The van der Waals surface area contributed by atoms with Gasteiger partial charge in [-0.1, -0.05) is 84.4 Å². The second-order valence-electron chi connectivity index (χ2n) is 9.26. The van der Waals surface area contributed by atoms with E-state index in [1.165, 1.54) is 0 Å². The molecule has 0 saturated heterocycles. The number of fused-ring (bicyclic) bond motifs is 3. The first-order valence-corrected chi connectivity index (χ1v) is 12.1. The van der Waals surface area contributed by atoms with Crippen molar-refractivity contribution in [1.82, 2.24) is 0 Å². The van der Waals surface area contributed by atoms with Gasteiger partial charge in [0.25, 0.3) is 0 Å². The zero-order valence-electron chi connectivity index (χ0n) is 19.0. The summed E-state index contributed by atoms with van der Waals surface area (Å²) in [6, 6.07) is 32.6. The van der Waals surface area contributed by atoms with E-state index in [2.05, 4.69) is 0 Å². The molecule has 4 aromatic carbocycles. The summed E-state index contributed by atoms with van der Waals surface area (Å²) in [6.45, 7) is 0.418. The van der Waals surface area contributed by atoms with Gasteiger partial charge in [0, 0.05) is 22.6 Å². The standard InChI is InChI=1S/C30H25ClO4/c31-23-13-11-22(12-14-23)30-26(21-9-5-2-6-10-21)18-28(32)29(30,33)25-16-15-24(17-27(25)35-30)34-19-20-7-3-1-4-8-20/h1-17,26,28,32-33H,18-19H2/t26-,28-,29-,30-/m0/s1. The Hall–Kier alpha value is -3.31. The van der Waals surface area contributed by atoms with Crippen molar-refractivity contribution in [2.75, 3.05) is 0 Å². The molecule has 0 radical (unpaired) electrons. The van der Waals surface area contributed by atoms with Crippen LogP contribution in [-0.4, -0.2) is 16.3 Å². The van der Waals surface area contributed by atoms with Crippen LogP contribution in [0, 0.1) is 0 Å². The quantitative estimate of drug-likeness (QED) is 0.368.